The number of carbonyl (C=O) groups is 1. The summed E-state index contributed by atoms with van der Waals surface area (Å²) in [7, 11) is 0. The third-order valence-corrected chi connectivity index (χ3v) is 1.70. The average molecular weight is 169 g/mol. The molecule has 0 atom stereocenters. The Labute approximate surface area is 70.2 Å². The first-order valence-electron chi connectivity index (χ1n) is 3.73. The number of aromatic nitrogens is 1. The molecule has 4 heteroatoms. The molecule has 1 heterocycles. The molecule has 0 aromatic carbocycles. The van der Waals surface area contributed by atoms with Gasteiger partial charge in [-0.15, -0.1) is 0 Å². The Hall–Kier alpha value is -1.32. The first-order valence-corrected chi connectivity index (χ1v) is 3.73. The highest BCUT2D eigenvalue weighted by molar-refractivity contribution is 5.86. The minimum absolute atomic E-state index is 0.0568. The van der Waals surface area contributed by atoms with E-state index in [1.165, 1.54) is 0 Å². The van der Waals surface area contributed by atoms with Crippen molar-refractivity contribution in [2.24, 2.45) is 0 Å². The molecule has 12 heavy (non-hydrogen) atoms. The van der Waals surface area contributed by atoms with E-state index in [4.69, 9.17) is 5.11 Å². The van der Waals surface area contributed by atoms with Crippen molar-refractivity contribution in [2.45, 2.75) is 26.7 Å². The predicted molar refractivity (Wildman–Crippen MR) is 42.3 cm³/mol. The number of hydrogen-bond acceptors (Lipinski definition) is 3. The van der Waals surface area contributed by atoms with Gasteiger partial charge in [0.05, 0.1) is 5.69 Å². The Kier molecular flexibility index (Phi) is 2.17. The van der Waals surface area contributed by atoms with Gasteiger partial charge in [0.25, 0.3) is 0 Å². The lowest BCUT2D eigenvalue weighted by Crippen LogP contribution is -1.97. The van der Waals surface area contributed by atoms with Gasteiger partial charge in [-0.05, 0) is 12.8 Å². The van der Waals surface area contributed by atoms with E-state index in [0.29, 0.717) is 11.3 Å². The van der Waals surface area contributed by atoms with Gasteiger partial charge in [0.15, 0.2) is 0 Å². The van der Waals surface area contributed by atoms with Gasteiger partial charge >= 0.3 is 5.97 Å². The summed E-state index contributed by atoms with van der Waals surface area (Å²) in [4.78, 5) is 10.5. The summed E-state index contributed by atoms with van der Waals surface area (Å²) in [5.74, 6) is -0.924. The second kappa shape index (κ2) is 2.97. The lowest BCUT2D eigenvalue weighted by atomic mass is 10.1. The second-order valence-corrected chi connectivity index (χ2v) is 2.98. The normalized spacial score (nSPS) is 10.7. The Morgan fingerprint density at radius 1 is 1.58 bits per heavy atom. The fourth-order valence-electron chi connectivity index (χ4n) is 1.09. The van der Waals surface area contributed by atoms with Crippen molar-refractivity contribution in [3.63, 3.8) is 0 Å². The minimum atomic E-state index is -1.06. The number of carboxylic acid groups (broad SMARTS) is 1. The molecule has 0 saturated carbocycles. The highest BCUT2D eigenvalue weighted by Gasteiger charge is 2.19. The van der Waals surface area contributed by atoms with Gasteiger partial charge in [0.1, 0.15) is 0 Å². The van der Waals surface area contributed by atoms with Gasteiger partial charge in [-0.25, -0.2) is 4.79 Å². The van der Waals surface area contributed by atoms with Crippen LogP contribution >= 0.6 is 0 Å². The number of nitrogens with zero attached hydrogens (tertiary/aromatic N) is 1. The van der Waals surface area contributed by atoms with Gasteiger partial charge in [0.2, 0.25) is 5.76 Å². The van der Waals surface area contributed by atoms with Crippen molar-refractivity contribution in [1.82, 2.24) is 5.16 Å². The second-order valence-electron chi connectivity index (χ2n) is 2.98. The van der Waals surface area contributed by atoms with Crippen LogP contribution in [0.4, 0.5) is 0 Å². The van der Waals surface area contributed by atoms with E-state index in [2.05, 4.69) is 9.68 Å². The van der Waals surface area contributed by atoms with Crippen molar-refractivity contribution >= 4 is 5.97 Å². The fourth-order valence-corrected chi connectivity index (χ4v) is 1.09. The van der Waals surface area contributed by atoms with Crippen LogP contribution in [0.1, 0.15) is 41.6 Å². The largest absolute Gasteiger partial charge is 0.475 e. The molecule has 0 amide bonds. The summed E-state index contributed by atoms with van der Waals surface area (Å²) >= 11 is 0. The molecule has 1 N–H and O–H groups in total. The molecule has 0 spiro atoms. The summed E-state index contributed by atoms with van der Waals surface area (Å²) < 4.78 is 4.67. The van der Waals surface area contributed by atoms with Gasteiger partial charge < -0.3 is 9.63 Å². The van der Waals surface area contributed by atoms with E-state index in [9.17, 15) is 4.79 Å². The molecule has 1 aromatic rings. The predicted octanol–water partition coefficient (Wildman–Crippen LogP) is 1.80. The molecular formula is C8H11NO3. The molecule has 0 bridgehead atoms. The molecule has 0 aliphatic rings. The Balaban J connectivity index is 3.13. The topological polar surface area (TPSA) is 63.3 Å². The van der Waals surface area contributed by atoms with Crippen LogP contribution in [0.5, 0.6) is 0 Å². The Morgan fingerprint density at radius 2 is 2.17 bits per heavy atom. The van der Waals surface area contributed by atoms with Crippen molar-refractivity contribution in [2.75, 3.05) is 0 Å². The molecule has 0 saturated heterocycles. The molecule has 0 unspecified atom stereocenters. The van der Waals surface area contributed by atoms with Crippen LogP contribution in [-0.4, -0.2) is 16.2 Å². The smallest absolute Gasteiger partial charge is 0.375 e. The minimum Gasteiger partial charge on any atom is -0.475 e. The van der Waals surface area contributed by atoms with Gasteiger partial charge in [-0.3, -0.25) is 0 Å². The maximum atomic E-state index is 10.5. The molecule has 4 nitrogen and oxygen atoms in total. The molecule has 0 radical (unpaired) electrons. The third-order valence-electron chi connectivity index (χ3n) is 1.70. The van der Waals surface area contributed by atoms with Gasteiger partial charge in [0, 0.05) is 5.56 Å². The summed E-state index contributed by atoms with van der Waals surface area (Å²) in [6.45, 7) is 5.59. The van der Waals surface area contributed by atoms with Crippen LogP contribution in [0.15, 0.2) is 4.52 Å². The number of carboxylic acids is 1. The molecular weight excluding hydrogens is 158 g/mol. The van der Waals surface area contributed by atoms with E-state index in [1.54, 1.807) is 6.92 Å². The lowest BCUT2D eigenvalue weighted by molar-refractivity contribution is 0.0651. The molecule has 66 valence electrons. The number of hydrogen-bond donors (Lipinski definition) is 1. The molecule has 1 rings (SSSR count). The van der Waals surface area contributed by atoms with Crippen LogP contribution in [0.2, 0.25) is 0 Å². The maximum Gasteiger partial charge on any atom is 0.375 e. The zero-order valence-electron chi connectivity index (χ0n) is 7.29. The lowest BCUT2D eigenvalue weighted by Gasteiger charge is -1.97. The van der Waals surface area contributed by atoms with Crippen molar-refractivity contribution in [1.29, 1.82) is 0 Å². The van der Waals surface area contributed by atoms with Gasteiger partial charge in [-0.2, -0.15) is 0 Å². The Bertz CT molecular complexity index is 301. The van der Waals surface area contributed by atoms with Crippen molar-refractivity contribution in [3.05, 3.63) is 17.0 Å². The quantitative estimate of drug-likeness (QED) is 0.733. The molecule has 0 aliphatic heterocycles. The summed E-state index contributed by atoms with van der Waals surface area (Å²) in [6.07, 6.45) is 0. The van der Waals surface area contributed by atoms with E-state index >= 15 is 0 Å². The van der Waals surface area contributed by atoms with E-state index in [-0.39, 0.29) is 11.7 Å². The zero-order valence-corrected chi connectivity index (χ0v) is 7.29. The molecule has 0 fully saturated rings. The third kappa shape index (κ3) is 1.32. The van der Waals surface area contributed by atoms with Gasteiger partial charge in [-0.1, -0.05) is 19.0 Å². The van der Waals surface area contributed by atoms with E-state index in [1.807, 2.05) is 13.8 Å². The number of rotatable bonds is 2. The molecule has 1 aromatic heterocycles. The van der Waals surface area contributed by atoms with Crippen molar-refractivity contribution < 1.29 is 14.4 Å². The van der Waals surface area contributed by atoms with E-state index in [0.717, 1.165) is 0 Å². The van der Waals surface area contributed by atoms with Crippen LogP contribution in [0.25, 0.3) is 0 Å². The summed E-state index contributed by atoms with van der Waals surface area (Å²) in [6, 6.07) is 0. The van der Waals surface area contributed by atoms with E-state index < -0.39 is 5.97 Å². The summed E-state index contributed by atoms with van der Waals surface area (Å²) in [5, 5.41) is 12.3. The Morgan fingerprint density at radius 3 is 2.42 bits per heavy atom. The number of aromatic carboxylic acids is 1. The van der Waals surface area contributed by atoms with Crippen LogP contribution in [0, 0.1) is 6.92 Å². The first-order chi connectivity index (χ1) is 5.54. The highest BCUT2D eigenvalue weighted by Crippen LogP contribution is 2.20. The maximum absolute atomic E-state index is 10.5. The monoisotopic (exact) mass is 169 g/mol. The van der Waals surface area contributed by atoms with Crippen LogP contribution < -0.4 is 0 Å². The average Bonchev–Trinajstić information content (AvgIpc) is 2.30. The zero-order chi connectivity index (χ0) is 9.30. The highest BCUT2D eigenvalue weighted by atomic mass is 16.5. The van der Waals surface area contributed by atoms with Crippen molar-refractivity contribution in [3.8, 4) is 0 Å². The fraction of sp³-hybridized carbons (Fsp3) is 0.500. The SMILES string of the molecule is Cc1c(C(C)C)noc1C(=O)O. The van der Waals surface area contributed by atoms with Crippen LogP contribution in [0.3, 0.4) is 0 Å². The van der Waals surface area contributed by atoms with Crippen LogP contribution in [-0.2, 0) is 0 Å². The first kappa shape index (κ1) is 8.77. The standard InChI is InChI=1S/C8H11NO3/c1-4(2)6-5(3)7(8(10)11)12-9-6/h4H,1-3H3,(H,10,11). The molecule has 0 aliphatic carbocycles. The summed E-state index contributed by atoms with van der Waals surface area (Å²) in [5.41, 5.74) is 1.34.